The first-order chi connectivity index (χ1) is 24.3. The van der Waals surface area contributed by atoms with Gasteiger partial charge < -0.3 is 5.73 Å². The Labute approximate surface area is 305 Å². The van der Waals surface area contributed by atoms with Crippen LogP contribution in [0.4, 0.5) is 5.69 Å². The van der Waals surface area contributed by atoms with Gasteiger partial charge in [0.05, 0.1) is 0 Å². The first-order valence-electron chi connectivity index (χ1n) is 18.0. The van der Waals surface area contributed by atoms with Crippen molar-refractivity contribution in [2.24, 2.45) is 0 Å². The van der Waals surface area contributed by atoms with Crippen LogP contribution < -0.4 is 16.2 Å². The van der Waals surface area contributed by atoms with Crippen LogP contribution in [0.25, 0.3) is 23.8 Å². The van der Waals surface area contributed by atoms with Crippen LogP contribution in [0.15, 0.2) is 158 Å². The topological polar surface area (TPSA) is 26.0 Å². The summed E-state index contributed by atoms with van der Waals surface area (Å²) < 4.78 is 0. The van der Waals surface area contributed by atoms with Gasteiger partial charge >= 0.3 is 0 Å². The summed E-state index contributed by atoms with van der Waals surface area (Å²) in [7, 11) is 0. The number of benzene rings is 4. The zero-order valence-electron chi connectivity index (χ0n) is 31.9. The molecule has 0 aliphatic rings. The number of allylic oxidation sites excluding steroid dienone is 8. The molecule has 0 atom stereocenters. The summed E-state index contributed by atoms with van der Waals surface area (Å²) in [4.78, 5) is 0. The lowest BCUT2D eigenvalue weighted by Gasteiger charge is -2.18. The molecule has 0 radical (unpaired) electrons. The second-order valence-electron chi connectivity index (χ2n) is 11.4. The van der Waals surface area contributed by atoms with Crippen LogP contribution in [-0.4, -0.2) is 0 Å². The molecule has 0 aliphatic heterocycles. The SMILES string of the molecule is C/C=C\C=C/CC.C=C/C=C(/c1ccccc1)c1c(C/C(=C\c2cccc(C)c2)CC)c(=C)cc/c1=C(/C=C)CC.CC.Nc1ccccc1. The van der Waals surface area contributed by atoms with Gasteiger partial charge in [-0.2, -0.15) is 0 Å². The Hall–Kier alpha value is -5.14. The average Bonchev–Trinajstić information content (AvgIpc) is 3.14. The molecule has 2 N–H and O–H groups in total. The van der Waals surface area contributed by atoms with Crippen LogP contribution in [0, 0.1) is 6.92 Å². The maximum atomic E-state index is 5.36. The Morgan fingerprint density at radius 1 is 0.780 bits per heavy atom. The van der Waals surface area contributed by atoms with E-state index in [-0.39, 0.29) is 0 Å². The number of rotatable bonds is 11. The van der Waals surface area contributed by atoms with Crippen molar-refractivity contribution < 1.29 is 0 Å². The molecule has 0 heterocycles. The molecule has 0 aliphatic carbocycles. The largest absolute Gasteiger partial charge is 0.399 e. The predicted molar refractivity (Wildman–Crippen MR) is 228 cm³/mol. The summed E-state index contributed by atoms with van der Waals surface area (Å²) in [6.45, 7) is 27.3. The van der Waals surface area contributed by atoms with E-state index in [2.05, 4.69) is 138 Å². The molecule has 0 aromatic heterocycles. The van der Waals surface area contributed by atoms with Gasteiger partial charge in [-0.05, 0) is 95.5 Å². The zero-order valence-corrected chi connectivity index (χ0v) is 31.9. The van der Waals surface area contributed by atoms with Crippen LogP contribution in [0.3, 0.4) is 0 Å². The van der Waals surface area contributed by atoms with Crippen LogP contribution in [0.5, 0.6) is 0 Å². The molecule has 0 saturated carbocycles. The van der Waals surface area contributed by atoms with Crippen molar-refractivity contribution in [3.05, 3.63) is 197 Å². The summed E-state index contributed by atoms with van der Waals surface area (Å²) in [6.07, 6.45) is 20.4. The molecule has 4 aromatic rings. The Morgan fingerprint density at radius 2 is 1.44 bits per heavy atom. The van der Waals surface area contributed by atoms with E-state index in [0.29, 0.717) is 0 Å². The van der Waals surface area contributed by atoms with Gasteiger partial charge in [0.15, 0.2) is 0 Å². The number of nitrogens with two attached hydrogens (primary N) is 1. The van der Waals surface area contributed by atoms with E-state index >= 15 is 0 Å². The minimum atomic E-state index is 0.822. The molecule has 0 bridgehead atoms. The fourth-order valence-corrected chi connectivity index (χ4v) is 5.25. The van der Waals surface area contributed by atoms with E-state index in [1.807, 2.05) is 75.4 Å². The molecule has 1 nitrogen and oxygen atoms in total. The van der Waals surface area contributed by atoms with Crippen LogP contribution in [0.1, 0.15) is 88.6 Å². The number of aryl methyl sites for hydroxylation is 1. The Balaban J connectivity index is 0.000000643. The van der Waals surface area contributed by atoms with Gasteiger partial charge in [-0.3, -0.25) is 0 Å². The molecule has 1 heteroatoms. The van der Waals surface area contributed by atoms with Gasteiger partial charge in [0.25, 0.3) is 0 Å². The minimum absolute atomic E-state index is 0.822. The van der Waals surface area contributed by atoms with E-state index in [1.165, 1.54) is 49.8 Å². The highest BCUT2D eigenvalue weighted by Crippen LogP contribution is 2.26. The Kier molecular flexibility index (Phi) is 22.1. The molecule has 4 rings (SSSR count). The fraction of sp³-hybridized carbons (Fsp3) is 0.224. The van der Waals surface area contributed by atoms with Crippen molar-refractivity contribution in [2.45, 2.75) is 74.1 Å². The fourth-order valence-electron chi connectivity index (χ4n) is 5.25. The van der Waals surface area contributed by atoms with E-state index in [4.69, 9.17) is 5.73 Å². The number of para-hydroxylation sites is 1. The van der Waals surface area contributed by atoms with Crippen molar-refractivity contribution in [1.29, 1.82) is 0 Å². The third-order valence-electron chi connectivity index (χ3n) is 7.77. The second kappa shape index (κ2) is 25.8. The molecule has 50 heavy (non-hydrogen) atoms. The first-order valence-corrected chi connectivity index (χ1v) is 18.0. The van der Waals surface area contributed by atoms with Gasteiger partial charge in [0.2, 0.25) is 0 Å². The van der Waals surface area contributed by atoms with E-state index < -0.39 is 0 Å². The molecule has 0 fully saturated rings. The average molecular weight is 664 g/mol. The molecular weight excluding hydrogens is 603 g/mol. The second-order valence-corrected chi connectivity index (χ2v) is 11.4. The smallest absolute Gasteiger partial charge is 0.0313 e. The number of hydrogen-bond acceptors (Lipinski definition) is 1. The number of hydrogen-bond donors (Lipinski definition) is 1. The summed E-state index contributed by atoms with van der Waals surface area (Å²) in [5.41, 5.74) is 16.2. The number of anilines is 1. The molecule has 0 spiro atoms. The van der Waals surface area contributed by atoms with Crippen molar-refractivity contribution in [3.8, 4) is 0 Å². The molecule has 0 amide bonds. The molecule has 262 valence electrons. The third kappa shape index (κ3) is 15.0. The van der Waals surface area contributed by atoms with E-state index in [0.717, 1.165) is 36.6 Å². The lowest BCUT2D eigenvalue weighted by molar-refractivity contribution is 1.00. The standard InChI is InChI=1S/C34H36.C7H12.C6H7N.C2H6/c1-7-15-31(30-18-12-11-13-19-30)34-32(29(9-3)10-4)21-20-26(6)33(34)24-27(8-2)23-28-17-14-16-25(5)22-28;1-3-5-7-6-4-2;7-6-4-2-1-3-5-6;1-2/h7,9,11-23H,1,3,6,8,10,24H2,2,4-5H3;3,5-7H,4H2,1-2H3;1-5H,7H2;1-2H3/b27-23-,31-15-,32-29+;5-3-,7-6-;;. The van der Waals surface area contributed by atoms with Gasteiger partial charge in [-0.15, -0.1) is 0 Å². The quantitative estimate of drug-likeness (QED) is 0.125. The van der Waals surface area contributed by atoms with E-state index in [1.54, 1.807) is 0 Å². The zero-order chi connectivity index (χ0) is 37.1. The molecule has 4 aromatic carbocycles. The highest BCUT2D eigenvalue weighted by atomic mass is 14.5. The van der Waals surface area contributed by atoms with Crippen LogP contribution in [-0.2, 0) is 6.42 Å². The van der Waals surface area contributed by atoms with Crippen molar-refractivity contribution in [2.75, 3.05) is 5.73 Å². The van der Waals surface area contributed by atoms with E-state index in [9.17, 15) is 0 Å². The number of nitrogen functional groups attached to an aromatic ring is 1. The Bertz CT molecular complexity index is 1800. The first kappa shape index (κ1) is 42.9. The Morgan fingerprint density at radius 3 is 1.94 bits per heavy atom. The molecule has 0 saturated heterocycles. The van der Waals surface area contributed by atoms with Crippen LogP contribution in [0.2, 0.25) is 0 Å². The van der Waals surface area contributed by atoms with Gasteiger partial charge in [-0.25, -0.2) is 0 Å². The van der Waals surface area contributed by atoms with Gasteiger partial charge in [-0.1, -0.05) is 199 Å². The van der Waals surface area contributed by atoms with Crippen LogP contribution >= 0.6 is 0 Å². The van der Waals surface area contributed by atoms with Gasteiger partial charge in [0, 0.05) is 5.69 Å². The molecular formula is C49H61N. The van der Waals surface area contributed by atoms with Crippen molar-refractivity contribution >= 4 is 29.5 Å². The van der Waals surface area contributed by atoms with Gasteiger partial charge in [0.1, 0.15) is 0 Å². The predicted octanol–water partition coefficient (Wildman–Crippen LogP) is 12.6. The lowest BCUT2D eigenvalue weighted by Crippen LogP contribution is -2.23. The third-order valence-corrected chi connectivity index (χ3v) is 7.77. The summed E-state index contributed by atoms with van der Waals surface area (Å²) in [5, 5.41) is 2.29. The lowest BCUT2D eigenvalue weighted by atomic mass is 9.86. The highest BCUT2D eigenvalue weighted by Gasteiger charge is 2.15. The summed E-state index contributed by atoms with van der Waals surface area (Å²) >= 11 is 0. The normalized spacial score (nSPS) is 11.7. The maximum absolute atomic E-state index is 5.36. The van der Waals surface area contributed by atoms with Crippen molar-refractivity contribution in [1.82, 2.24) is 0 Å². The minimum Gasteiger partial charge on any atom is -0.399 e. The van der Waals surface area contributed by atoms with Crippen molar-refractivity contribution in [3.63, 3.8) is 0 Å². The summed E-state index contributed by atoms with van der Waals surface area (Å²) in [5.74, 6) is 0. The monoisotopic (exact) mass is 663 g/mol. The summed E-state index contributed by atoms with van der Waals surface area (Å²) in [6, 6.07) is 33.1. The molecule has 0 unspecified atom stereocenters. The highest BCUT2D eigenvalue weighted by molar-refractivity contribution is 5.84. The maximum Gasteiger partial charge on any atom is 0.0313 e.